The van der Waals surface area contributed by atoms with Gasteiger partial charge in [0.2, 0.25) is 0 Å². The summed E-state index contributed by atoms with van der Waals surface area (Å²) in [6.45, 7) is 0.391. The van der Waals surface area contributed by atoms with Crippen LogP contribution in [0.4, 0.5) is 0 Å². The number of hydrogen-bond acceptors (Lipinski definition) is 3. The van der Waals surface area contributed by atoms with Gasteiger partial charge in [0, 0.05) is 18.5 Å². The lowest BCUT2D eigenvalue weighted by Gasteiger charge is -2.01. The van der Waals surface area contributed by atoms with Crippen LogP contribution in [0.25, 0.3) is 0 Å². The summed E-state index contributed by atoms with van der Waals surface area (Å²) in [5, 5.41) is 17.7. The maximum Gasteiger partial charge on any atom is 0.336 e. The van der Waals surface area contributed by atoms with Crippen LogP contribution >= 0.6 is 0 Å². The summed E-state index contributed by atoms with van der Waals surface area (Å²) in [7, 11) is 0. The molecule has 1 rings (SSSR count). The Morgan fingerprint density at radius 2 is 1.94 bits per heavy atom. The lowest BCUT2D eigenvalue weighted by molar-refractivity contribution is 0.0695. The normalized spacial score (nSPS) is 9.24. The van der Waals surface area contributed by atoms with E-state index in [1.165, 1.54) is 12.1 Å². The molecule has 0 saturated carbocycles. The third-order valence-electron chi connectivity index (χ3n) is 1.99. The van der Waals surface area contributed by atoms with Crippen molar-refractivity contribution in [3.8, 4) is 11.8 Å². The summed E-state index contributed by atoms with van der Waals surface area (Å²) in [5.41, 5.74) is 5.35. The molecule has 5 heteroatoms. The predicted molar refractivity (Wildman–Crippen MR) is 60.9 cm³/mol. The number of aromatic carboxylic acids is 2. The van der Waals surface area contributed by atoms with Gasteiger partial charge in [0.15, 0.2) is 0 Å². The van der Waals surface area contributed by atoms with Gasteiger partial charge in [-0.2, -0.15) is 0 Å². The maximum atomic E-state index is 10.9. The highest BCUT2D eigenvalue weighted by atomic mass is 16.4. The topological polar surface area (TPSA) is 101 Å². The molecule has 0 aromatic heterocycles. The zero-order valence-electron chi connectivity index (χ0n) is 8.93. The largest absolute Gasteiger partial charge is 0.478 e. The highest BCUT2D eigenvalue weighted by molar-refractivity contribution is 5.95. The minimum atomic E-state index is -1.20. The third kappa shape index (κ3) is 3.33. The first-order valence-corrected chi connectivity index (χ1v) is 4.86. The summed E-state index contributed by atoms with van der Waals surface area (Å²) in [6, 6.07) is 3.80. The molecule has 0 radical (unpaired) electrons. The summed E-state index contributed by atoms with van der Waals surface area (Å²) in [5.74, 6) is 2.99. The smallest absolute Gasteiger partial charge is 0.336 e. The van der Waals surface area contributed by atoms with Crippen molar-refractivity contribution < 1.29 is 19.8 Å². The van der Waals surface area contributed by atoms with Crippen LogP contribution in [0.1, 0.15) is 32.7 Å². The van der Waals surface area contributed by atoms with Gasteiger partial charge in [0.1, 0.15) is 0 Å². The van der Waals surface area contributed by atoms with Crippen LogP contribution in [0.3, 0.4) is 0 Å². The molecular weight excluding hydrogens is 222 g/mol. The van der Waals surface area contributed by atoms with E-state index < -0.39 is 11.9 Å². The first-order valence-electron chi connectivity index (χ1n) is 4.86. The number of carboxylic acids is 2. The van der Waals surface area contributed by atoms with Crippen molar-refractivity contribution in [2.24, 2.45) is 5.73 Å². The van der Waals surface area contributed by atoms with E-state index in [1.54, 1.807) is 0 Å². The van der Waals surface area contributed by atoms with Crippen molar-refractivity contribution in [3.63, 3.8) is 0 Å². The molecule has 0 unspecified atom stereocenters. The fourth-order valence-electron chi connectivity index (χ4n) is 1.19. The maximum absolute atomic E-state index is 10.9. The highest BCUT2D eigenvalue weighted by Gasteiger charge is 2.12. The number of nitrogens with two attached hydrogens (primary N) is 1. The lowest BCUT2D eigenvalue weighted by Crippen LogP contribution is -2.04. The second-order valence-electron chi connectivity index (χ2n) is 3.21. The fraction of sp³-hybridized carbons (Fsp3) is 0.167. The average Bonchev–Trinajstić information content (AvgIpc) is 2.29. The van der Waals surface area contributed by atoms with Crippen molar-refractivity contribution in [1.29, 1.82) is 0 Å². The van der Waals surface area contributed by atoms with E-state index in [4.69, 9.17) is 15.9 Å². The lowest BCUT2D eigenvalue weighted by atomic mass is 10.0. The Labute approximate surface area is 97.9 Å². The van der Waals surface area contributed by atoms with E-state index >= 15 is 0 Å². The van der Waals surface area contributed by atoms with Gasteiger partial charge in [-0.1, -0.05) is 11.8 Å². The van der Waals surface area contributed by atoms with Gasteiger partial charge in [0.05, 0.1) is 11.1 Å². The zero-order chi connectivity index (χ0) is 12.8. The van der Waals surface area contributed by atoms with Crippen LogP contribution in [-0.4, -0.2) is 28.7 Å². The molecule has 5 nitrogen and oxygen atoms in total. The Morgan fingerprint density at radius 3 is 2.47 bits per heavy atom. The summed E-state index contributed by atoms with van der Waals surface area (Å²) >= 11 is 0. The van der Waals surface area contributed by atoms with Gasteiger partial charge >= 0.3 is 11.9 Å². The third-order valence-corrected chi connectivity index (χ3v) is 1.99. The van der Waals surface area contributed by atoms with Crippen LogP contribution < -0.4 is 5.73 Å². The molecule has 0 amide bonds. The predicted octanol–water partition coefficient (Wildman–Crippen LogP) is 0.783. The number of hydrogen-bond donors (Lipinski definition) is 3. The van der Waals surface area contributed by atoms with Gasteiger partial charge in [-0.15, -0.1) is 0 Å². The zero-order valence-corrected chi connectivity index (χ0v) is 8.93. The van der Waals surface area contributed by atoms with E-state index in [2.05, 4.69) is 11.8 Å². The molecule has 0 heterocycles. The first kappa shape index (κ1) is 12.7. The van der Waals surface area contributed by atoms with Gasteiger partial charge < -0.3 is 15.9 Å². The molecule has 0 saturated heterocycles. The second kappa shape index (κ2) is 5.68. The fourth-order valence-corrected chi connectivity index (χ4v) is 1.19. The molecule has 0 bridgehead atoms. The average molecular weight is 233 g/mol. The van der Waals surface area contributed by atoms with E-state index in [9.17, 15) is 9.59 Å². The van der Waals surface area contributed by atoms with Crippen LogP contribution in [0.2, 0.25) is 0 Å². The Kier molecular flexibility index (Phi) is 4.26. The monoisotopic (exact) mass is 233 g/mol. The van der Waals surface area contributed by atoms with Crippen LogP contribution in [0.15, 0.2) is 18.2 Å². The van der Waals surface area contributed by atoms with E-state index in [1.807, 2.05) is 0 Å². The van der Waals surface area contributed by atoms with Crippen molar-refractivity contribution in [2.75, 3.05) is 6.54 Å². The van der Waals surface area contributed by atoms with Gasteiger partial charge in [-0.25, -0.2) is 9.59 Å². The molecule has 0 aliphatic heterocycles. The van der Waals surface area contributed by atoms with E-state index in [-0.39, 0.29) is 16.7 Å². The van der Waals surface area contributed by atoms with Gasteiger partial charge in [0.25, 0.3) is 0 Å². The molecule has 0 aliphatic carbocycles. The summed E-state index contributed by atoms with van der Waals surface area (Å²) in [4.78, 5) is 21.6. The van der Waals surface area contributed by atoms with E-state index in [0.717, 1.165) is 6.07 Å². The Hall–Kier alpha value is -2.32. The molecule has 88 valence electrons. The van der Waals surface area contributed by atoms with E-state index in [0.29, 0.717) is 13.0 Å². The van der Waals surface area contributed by atoms with Crippen molar-refractivity contribution in [2.45, 2.75) is 6.42 Å². The second-order valence-corrected chi connectivity index (χ2v) is 3.21. The van der Waals surface area contributed by atoms with Crippen LogP contribution in [0.5, 0.6) is 0 Å². The first-order chi connectivity index (χ1) is 8.06. The SMILES string of the molecule is NCCC#Cc1ccc(C(=O)O)cc1C(=O)O. The van der Waals surface area contributed by atoms with Crippen molar-refractivity contribution >= 4 is 11.9 Å². The molecule has 4 N–H and O–H groups in total. The Bertz CT molecular complexity index is 511. The number of carboxylic acid groups (broad SMARTS) is 2. The Morgan fingerprint density at radius 1 is 1.24 bits per heavy atom. The van der Waals surface area contributed by atoms with Crippen LogP contribution in [0, 0.1) is 11.8 Å². The van der Waals surface area contributed by atoms with Crippen LogP contribution in [-0.2, 0) is 0 Å². The quantitative estimate of drug-likeness (QED) is 0.670. The summed E-state index contributed by atoms with van der Waals surface area (Å²) < 4.78 is 0. The van der Waals surface area contributed by atoms with Crippen molar-refractivity contribution in [1.82, 2.24) is 0 Å². The molecular formula is C12H11NO4. The van der Waals surface area contributed by atoms with Crippen molar-refractivity contribution in [3.05, 3.63) is 34.9 Å². The summed E-state index contributed by atoms with van der Waals surface area (Å²) in [6.07, 6.45) is 0.458. The Balaban J connectivity index is 3.19. The molecule has 1 aromatic carbocycles. The molecule has 17 heavy (non-hydrogen) atoms. The van der Waals surface area contributed by atoms with Gasteiger partial charge in [-0.05, 0) is 18.2 Å². The molecule has 0 fully saturated rings. The number of benzene rings is 1. The van der Waals surface area contributed by atoms with Gasteiger partial charge in [-0.3, -0.25) is 0 Å². The highest BCUT2D eigenvalue weighted by Crippen LogP contribution is 2.11. The molecule has 0 atom stereocenters. The minimum Gasteiger partial charge on any atom is -0.478 e. The molecule has 0 aliphatic rings. The standard InChI is InChI=1S/C12H11NO4/c13-6-2-1-3-8-4-5-9(11(14)15)7-10(8)12(16)17/h4-5,7H,2,6,13H2,(H,14,15)(H,16,17). The molecule has 1 aromatic rings. The number of rotatable bonds is 3. The minimum absolute atomic E-state index is 0.0771. The number of carbonyl (C=O) groups is 2. The molecule has 0 spiro atoms.